The summed E-state index contributed by atoms with van der Waals surface area (Å²) in [5.74, 6) is -0.229. The van der Waals surface area contributed by atoms with Crippen LogP contribution in [0, 0.1) is 0 Å². The summed E-state index contributed by atoms with van der Waals surface area (Å²) in [6.45, 7) is 7.30. The molecule has 1 aromatic carbocycles. The molecule has 1 fully saturated rings. The van der Waals surface area contributed by atoms with Crippen molar-refractivity contribution in [1.29, 1.82) is 0 Å². The molecule has 0 radical (unpaired) electrons. The van der Waals surface area contributed by atoms with Gasteiger partial charge in [0.1, 0.15) is 12.1 Å². The van der Waals surface area contributed by atoms with Crippen molar-refractivity contribution in [1.82, 2.24) is 10.2 Å². The van der Waals surface area contributed by atoms with Gasteiger partial charge < -0.3 is 10.2 Å². The third-order valence-corrected chi connectivity index (χ3v) is 3.50. The molecule has 0 saturated carbocycles. The van der Waals surface area contributed by atoms with Gasteiger partial charge >= 0.3 is 0 Å². The lowest BCUT2D eigenvalue weighted by atomic mass is 9.99. The first-order valence-corrected chi connectivity index (χ1v) is 6.36. The van der Waals surface area contributed by atoms with Gasteiger partial charge in [-0.15, -0.1) is 6.58 Å². The number of piperazine rings is 1. The number of amides is 2. The maximum absolute atomic E-state index is 12.5. The van der Waals surface area contributed by atoms with Gasteiger partial charge in [-0.25, -0.2) is 0 Å². The Hall–Kier alpha value is -2.10. The summed E-state index contributed by atoms with van der Waals surface area (Å²) >= 11 is 0. The number of carbonyl (C=O) groups excluding carboxylic acids is 2. The molecule has 1 aromatic rings. The number of rotatable bonds is 3. The zero-order valence-electron chi connectivity index (χ0n) is 11.2. The van der Waals surface area contributed by atoms with Gasteiger partial charge in [0.25, 0.3) is 5.91 Å². The molecule has 1 N–H and O–H groups in total. The van der Waals surface area contributed by atoms with Crippen LogP contribution >= 0.6 is 0 Å². The fraction of sp³-hybridized carbons (Fsp3) is 0.333. The van der Waals surface area contributed by atoms with Crippen LogP contribution in [0.15, 0.2) is 43.0 Å². The fourth-order valence-electron chi connectivity index (χ4n) is 2.33. The normalized spacial score (nSPS) is 24.8. The lowest BCUT2D eigenvalue weighted by Crippen LogP contribution is -2.60. The SMILES string of the molecule is C=CC(C)N1C(=O)C(c2ccccc2)NC(=O)C1C. The fourth-order valence-corrected chi connectivity index (χ4v) is 2.33. The number of benzene rings is 1. The van der Waals surface area contributed by atoms with Crippen molar-refractivity contribution in [2.75, 3.05) is 0 Å². The van der Waals surface area contributed by atoms with Crippen molar-refractivity contribution in [2.45, 2.75) is 32.0 Å². The molecule has 3 unspecified atom stereocenters. The van der Waals surface area contributed by atoms with Crippen LogP contribution in [0.4, 0.5) is 0 Å². The second-order valence-electron chi connectivity index (χ2n) is 4.75. The lowest BCUT2D eigenvalue weighted by Gasteiger charge is -2.40. The highest BCUT2D eigenvalue weighted by Gasteiger charge is 2.40. The van der Waals surface area contributed by atoms with Crippen LogP contribution in [0.25, 0.3) is 0 Å². The van der Waals surface area contributed by atoms with Gasteiger partial charge in [0.2, 0.25) is 5.91 Å². The molecular weight excluding hydrogens is 240 g/mol. The summed E-state index contributed by atoms with van der Waals surface area (Å²) in [5, 5.41) is 2.78. The summed E-state index contributed by atoms with van der Waals surface area (Å²) in [6.07, 6.45) is 1.68. The van der Waals surface area contributed by atoms with Gasteiger partial charge in [-0.2, -0.15) is 0 Å². The predicted molar refractivity (Wildman–Crippen MR) is 73.3 cm³/mol. The van der Waals surface area contributed by atoms with Crippen molar-refractivity contribution >= 4 is 11.8 Å². The van der Waals surface area contributed by atoms with Crippen molar-refractivity contribution in [3.63, 3.8) is 0 Å². The molecule has 0 aliphatic carbocycles. The summed E-state index contributed by atoms with van der Waals surface area (Å²) in [5.41, 5.74) is 0.800. The topological polar surface area (TPSA) is 49.4 Å². The molecule has 19 heavy (non-hydrogen) atoms. The van der Waals surface area contributed by atoms with E-state index in [1.54, 1.807) is 17.9 Å². The van der Waals surface area contributed by atoms with E-state index in [9.17, 15) is 9.59 Å². The van der Waals surface area contributed by atoms with Crippen LogP contribution < -0.4 is 5.32 Å². The molecule has 3 atom stereocenters. The largest absolute Gasteiger partial charge is 0.339 e. The van der Waals surface area contributed by atoms with Crippen LogP contribution in [0.3, 0.4) is 0 Å². The number of carbonyl (C=O) groups is 2. The van der Waals surface area contributed by atoms with Crippen LogP contribution in [-0.2, 0) is 9.59 Å². The van der Waals surface area contributed by atoms with Crippen LogP contribution in [-0.4, -0.2) is 28.8 Å². The second kappa shape index (κ2) is 5.26. The Bertz CT molecular complexity index is 498. The highest BCUT2D eigenvalue weighted by Crippen LogP contribution is 2.23. The average Bonchev–Trinajstić information content (AvgIpc) is 2.43. The van der Waals surface area contributed by atoms with E-state index in [1.165, 1.54) is 0 Å². The second-order valence-corrected chi connectivity index (χ2v) is 4.75. The van der Waals surface area contributed by atoms with Gasteiger partial charge in [-0.05, 0) is 19.4 Å². The summed E-state index contributed by atoms with van der Waals surface area (Å²) < 4.78 is 0. The zero-order valence-corrected chi connectivity index (χ0v) is 11.2. The van der Waals surface area contributed by atoms with Crippen molar-refractivity contribution in [3.05, 3.63) is 48.6 Å². The molecule has 100 valence electrons. The third-order valence-electron chi connectivity index (χ3n) is 3.50. The minimum Gasteiger partial charge on any atom is -0.339 e. The van der Waals surface area contributed by atoms with Crippen LogP contribution in [0.2, 0.25) is 0 Å². The van der Waals surface area contributed by atoms with Gasteiger partial charge in [0.15, 0.2) is 0 Å². The molecule has 1 aliphatic heterocycles. The molecule has 1 saturated heterocycles. The van der Waals surface area contributed by atoms with E-state index >= 15 is 0 Å². The van der Waals surface area contributed by atoms with E-state index in [1.807, 2.05) is 37.3 Å². The molecule has 4 heteroatoms. The van der Waals surface area contributed by atoms with Gasteiger partial charge in [-0.1, -0.05) is 36.4 Å². The van der Waals surface area contributed by atoms with Gasteiger partial charge in [0.05, 0.1) is 0 Å². The summed E-state index contributed by atoms with van der Waals surface area (Å²) in [7, 11) is 0. The first-order valence-electron chi connectivity index (χ1n) is 6.36. The average molecular weight is 258 g/mol. The highest BCUT2D eigenvalue weighted by molar-refractivity contribution is 5.97. The Labute approximate surface area is 113 Å². The third kappa shape index (κ3) is 2.38. The van der Waals surface area contributed by atoms with E-state index < -0.39 is 12.1 Å². The smallest absolute Gasteiger partial charge is 0.250 e. The zero-order chi connectivity index (χ0) is 14.0. The number of nitrogens with zero attached hydrogens (tertiary/aromatic N) is 1. The van der Waals surface area contributed by atoms with Gasteiger partial charge in [0, 0.05) is 6.04 Å². The summed E-state index contributed by atoms with van der Waals surface area (Å²) in [6, 6.07) is 8.03. The molecule has 2 rings (SSSR count). The quantitative estimate of drug-likeness (QED) is 0.838. The van der Waals surface area contributed by atoms with E-state index in [4.69, 9.17) is 0 Å². The molecule has 0 bridgehead atoms. The maximum atomic E-state index is 12.5. The standard InChI is InChI=1S/C15H18N2O2/c1-4-10(2)17-11(3)14(18)16-13(15(17)19)12-8-6-5-7-9-12/h4-11,13H,1H2,2-3H3,(H,16,18). The first-order chi connectivity index (χ1) is 9.06. The highest BCUT2D eigenvalue weighted by atomic mass is 16.2. The number of hydrogen-bond donors (Lipinski definition) is 1. The van der Waals surface area contributed by atoms with E-state index in [2.05, 4.69) is 11.9 Å². The predicted octanol–water partition coefficient (Wildman–Crippen LogP) is 1.65. The molecular formula is C15H18N2O2. The maximum Gasteiger partial charge on any atom is 0.250 e. The molecule has 4 nitrogen and oxygen atoms in total. The van der Waals surface area contributed by atoms with Crippen LogP contribution in [0.1, 0.15) is 25.5 Å². The van der Waals surface area contributed by atoms with E-state index in [0.717, 1.165) is 5.56 Å². The van der Waals surface area contributed by atoms with Gasteiger partial charge in [-0.3, -0.25) is 9.59 Å². The monoisotopic (exact) mass is 258 g/mol. The van der Waals surface area contributed by atoms with Crippen molar-refractivity contribution < 1.29 is 9.59 Å². The van der Waals surface area contributed by atoms with E-state index in [0.29, 0.717) is 0 Å². The Morgan fingerprint density at radius 2 is 1.95 bits per heavy atom. The molecule has 1 heterocycles. The Morgan fingerprint density at radius 3 is 2.53 bits per heavy atom. The molecule has 2 amide bonds. The molecule has 0 spiro atoms. The van der Waals surface area contributed by atoms with Crippen molar-refractivity contribution in [3.8, 4) is 0 Å². The number of hydrogen-bond acceptors (Lipinski definition) is 2. The minimum absolute atomic E-state index is 0.0919. The molecule has 1 aliphatic rings. The first kappa shape index (κ1) is 13.3. The van der Waals surface area contributed by atoms with Crippen LogP contribution in [0.5, 0.6) is 0 Å². The van der Waals surface area contributed by atoms with E-state index in [-0.39, 0.29) is 17.9 Å². The summed E-state index contributed by atoms with van der Waals surface area (Å²) in [4.78, 5) is 26.1. The van der Waals surface area contributed by atoms with Crippen molar-refractivity contribution in [2.24, 2.45) is 0 Å². The lowest BCUT2D eigenvalue weighted by molar-refractivity contribution is -0.150. The Balaban J connectivity index is 2.35. The minimum atomic E-state index is -0.604. The Morgan fingerprint density at radius 1 is 1.32 bits per heavy atom. The molecule has 0 aromatic heterocycles. The Kier molecular flexibility index (Phi) is 3.69. The number of nitrogens with one attached hydrogen (secondary N) is 1.